The molecule has 2 aromatic carbocycles. The van der Waals surface area contributed by atoms with E-state index in [0.717, 1.165) is 16.8 Å². The van der Waals surface area contributed by atoms with Gasteiger partial charge in [-0.1, -0.05) is 60.7 Å². The summed E-state index contributed by atoms with van der Waals surface area (Å²) in [5.74, 6) is -3.40. The van der Waals surface area contributed by atoms with Gasteiger partial charge in [0.2, 0.25) is 11.8 Å². The Bertz CT molecular complexity index is 1540. The second-order valence-corrected chi connectivity index (χ2v) is 13.1. The van der Waals surface area contributed by atoms with Gasteiger partial charge in [0.25, 0.3) is 5.91 Å². The van der Waals surface area contributed by atoms with Crippen molar-refractivity contribution in [2.24, 2.45) is 11.8 Å². The van der Waals surface area contributed by atoms with Crippen LogP contribution in [0.15, 0.2) is 73.8 Å². The third kappa shape index (κ3) is 6.07. The lowest BCUT2D eigenvalue weighted by atomic mass is 9.70. The van der Waals surface area contributed by atoms with Crippen molar-refractivity contribution in [3.05, 3.63) is 90.5 Å². The molecule has 1 N–H and O–H groups in total. The molecule has 10 nitrogen and oxygen atoms in total. The zero-order valence-corrected chi connectivity index (χ0v) is 28.3. The largest absolute Gasteiger partial charge is 0.455 e. The molecule has 10 heteroatoms. The van der Waals surface area contributed by atoms with Crippen LogP contribution in [0.2, 0.25) is 0 Å². The number of β-amino-alcohol motifs (C(OH)–C–C–N with tert-alkyl or cyclic N) is 1. The van der Waals surface area contributed by atoms with E-state index >= 15 is 0 Å². The molecule has 0 radical (unpaired) electrons. The summed E-state index contributed by atoms with van der Waals surface area (Å²) in [7, 11) is 1.68. The molecule has 7 atom stereocenters. The first-order valence-corrected chi connectivity index (χ1v) is 16.7. The standard InChI is InChI=1S/C38H47N3O7/c1-7-9-18-29(43)39(6)26(5)33(27-16-11-10-12-17-27)47-37(46)30-28-19-20-38(48-28)31(30)35(44)41(22-23-42)34(38)36(45)40(21-8-2)32-24(3)14-13-15-25(32)4/h7-8,10-17,26,28,30-31,33-34,42H,1-2,9,18-23H2,3-6H3/t26-,28+,30-,31-,33+,34+,38-/m1/s1. The first kappa shape index (κ1) is 35.0. The topological polar surface area (TPSA) is 117 Å². The Labute approximate surface area is 283 Å². The van der Waals surface area contributed by atoms with Crippen LogP contribution in [-0.2, 0) is 28.7 Å². The summed E-state index contributed by atoms with van der Waals surface area (Å²) in [6.45, 7) is 13.0. The number of aliphatic hydroxyl groups is 1. The number of hydrogen-bond donors (Lipinski definition) is 1. The first-order valence-electron chi connectivity index (χ1n) is 16.7. The Balaban J connectivity index is 1.49. The minimum Gasteiger partial charge on any atom is -0.455 e. The van der Waals surface area contributed by atoms with E-state index in [9.17, 15) is 24.3 Å². The number of likely N-dealkylation sites (tertiary alicyclic amines) is 1. The number of hydrogen-bond acceptors (Lipinski definition) is 7. The van der Waals surface area contributed by atoms with Crippen molar-refractivity contribution in [3.8, 4) is 0 Å². The van der Waals surface area contributed by atoms with E-state index in [1.807, 2.05) is 69.3 Å². The zero-order valence-electron chi connectivity index (χ0n) is 28.3. The Kier molecular flexibility index (Phi) is 10.6. The van der Waals surface area contributed by atoms with E-state index in [-0.39, 0.29) is 37.9 Å². The number of benzene rings is 2. The van der Waals surface area contributed by atoms with Gasteiger partial charge in [0.05, 0.1) is 30.6 Å². The number of fused-ring (bicyclic) bond motifs is 1. The van der Waals surface area contributed by atoms with Crippen LogP contribution in [0.1, 0.15) is 55.4 Å². The van der Waals surface area contributed by atoms with Crippen LogP contribution in [0.4, 0.5) is 5.69 Å². The van der Waals surface area contributed by atoms with Crippen molar-refractivity contribution in [1.29, 1.82) is 0 Å². The van der Waals surface area contributed by atoms with Crippen LogP contribution in [0.25, 0.3) is 0 Å². The zero-order chi connectivity index (χ0) is 34.7. The maximum absolute atomic E-state index is 14.7. The molecule has 2 aromatic rings. The molecule has 0 aliphatic carbocycles. The van der Waals surface area contributed by atoms with Gasteiger partial charge in [-0.3, -0.25) is 19.2 Å². The number of esters is 1. The molecule has 3 fully saturated rings. The lowest BCUT2D eigenvalue weighted by Crippen LogP contribution is -2.57. The molecule has 3 aliphatic heterocycles. The summed E-state index contributed by atoms with van der Waals surface area (Å²) in [6.07, 6.45) is 3.57. The lowest BCUT2D eigenvalue weighted by Gasteiger charge is -2.37. The number of anilines is 1. The maximum atomic E-state index is 14.7. The van der Waals surface area contributed by atoms with Gasteiger partial charge < -0.3 is 29.3 Å². The van der Waals surface area contributed by atoms with E-state index in [1.54, 1.807) is 29.0 Å². The van der Waals surface area contributed by atoms with Crippen LogP contribution in [0, 0.1) is 25.7 Å². The van der Waals surface area contributed by atoms with Crippen LogP contribution in [-0.4, -0.2) is 89.1 Å². The minimum atomic E-state index is -1.26. The monoisotopic (exact) mass is 657 g/mol. The summed E-state index contributed by atoms with van der Waals surface area (Å²) in [5, 5.41) is 10.0. The van der Waals surface area contributed by atoms with Crippen molar-refractivity contribution in [3.63, 3.8) is 0 Å². The van der Waals surface area contributed by atoms with Gasteiger partial charge in [-0.2, -0.15) is 0 Å². The van der Waals surface area contributed by atoms with Gasteiger partial charge in [-0.15, -0.1) is 13.2 Å². The maximum Gasteiger partial charge on any atom is 0.313 e. The smallest absolute Gasteiger partial charge is 0.313 e. The molecule has 3 aliphatic rings. The summed E-state index contributed by atoms with van der Waals surface area (Å²) in [6, 6.07) is 13.4. The number of para-hydroxylation sites is 1. The van der Waals surface area contributed by atoms with E-state index in [0.29, 0.717) is 24.8 Å². The number of aryl methyl sites for hydroxylation is 2. The van der Waals surface area contributed by atoms with Gasteiger partial charge in [-0.05, 0) is 56.7 Å². The van der Waals surface area contributed by atoms with E-state index in [2.05, 4.69) is 13.2 Å². The summed E-state index contributed by atoms with van der Waals surface area (Å²) < 4.78 is 12.9. The molecule has 5 rings (SSSR count). The molecule has 0 unspecified atom stereocenters. The fraction of sp³-hybridized carbons (Fsp3) is 0.474. The predicted octanol–water partition coefficient (Wildman–Crippen LogP) is 4.29. The highest BCUT2D eigenvalue weighted by atomic mass is 16.6. The quantitative estimate of drug-likeness (QED) is 0.238. The highest BCUT2D eigenvalue weighted by Crippen LogP contribution is 2.59. The molecular weight excluding hydrogens is 610 g/mol. The second-order valence-electron chi connectivity index (χ2n) is 13.1. The number of ether oxygens (including phenoxy) is 2. The van der Waals surface area contributed by atoms with E-state index in [4.69, 9.17) is 9.47 Å². The summed E-state index contributed by atoms with van der Waals surface area (Å²) >= 11 is 0. The Morgan fingerprint density at radius 2 is 1.79 bits per heavy atom. The minimum absolute atomic E-state index is 0.0841. The molecule has 3 saturated heterocycles. The van der Waals surface area contributed by atoms with Crippen molar-refractivity contribution in [1.82, 2.24) is 9.80 Å². The van der Waals surface area contributed by atoms with Crippen molar-refractivity contribution in [2.75, 3.05) is 31.6 Å². The third-order valence-corrected chi connectivity index (χ3v) is 10.3. The molecule has 2 bridgehead atoms. The number of nitrogens with zero attached hydrogens (tertiary/aromatic N) is 3. The number of rotatable bonds is 14. The number of likely N-dealkylation sites (N-methyl/N-ethyl adjacent to an activating group) is 1. The number of carbonyl (C=O) groups is 4. The molecule has 48 heavy (non-hydrogen) atoms. The van der Waals surface area contributed by atoms with Crippen LogP contribution in [0.5, 0.6) is 0 Å². The van der Waals surface area contributed by atoms with Gasteiger partial charge in [0.1, 0.15) is 17.7 Å². The van der Waals surface area contributed by atoms with Crippen LogP contribution in [0.3, 0.4) is 0 Å². The predicted molar refractivity (Wildman–Crippen MR) is 182 cm³/mol. The molecule has 1 spiro atoms. The Morgan fingerprint density at radius 1 is 1.10 bits per heavy atom. The third-order valence-electron chi connectivity index (χ3n) is 10.3. The average Bonchev–Trinajstić information content (AvgIpc) is 3.72. The summed E-state index contributed by atoms with van der Waals surface area (Å²) in [4.78, 5) is 60.9. The number of aliphatic hydroxyl groups excluding tert-OH is 1. The molecule has 3 amide bonds. The van der Waals surface area contributed by atoms with Crippen LogP contribution < -0.4 is 4.90 Å². The molecular formula is C38H47N3O7. The second kappa shape index (κ2) is 14.5. The lowest BCUT2D eigenvalue weighted by molar-refractivity contribution is -0.164. The van der Waals surface area contributed by atoms with Crippen molar-refractivity contribution >= 4 is 29.4 Å². The highest BCUT2D eigenvalue weighted by Gasteiger charge is 2.75. The van der Waals surface area contributed by atoms with Gasteiger partial charge >= 0.3 is 5.97 Å². The fourth-order valence-corrected chi connectivity index (χ4v) is 7.97. The Morgan fingerprint density at radius 3 is 2.42 bits per heavy atom. The SMILES string of the molecule is C=CCCC(=O)N(C)[C@H](C)[C@H](OC(=O)[C@@H]1[C@@H]2CC[C@]3(O2)[C@H](C(=O)N(CC=C)c2c(C)cccc2C)N(CCO)C(=O)[C@@H]13)c1ccccc1. The van der Waals surface area contributed by atoms with Gasteiger partial charge in [-0.25, -0.2) is 0 Å². The fourth-order valence-electron chi connectivity index (χ4n) is 7.97. The Hall–Kier alpha value is -4.28. The van der Waals surface area contributed by atoms with Gasteiger partial charge in [0, 0.05) is 32.2 Å². The average molecular weight is 658 g/mol. The number of carbonyl (C=O) groups excluding carboxylic acids is 4. The van der Waals surface area contributed by atoms with Crippen molar-refractivity contribution in [2.45, 2.75) is 76.3 Å². The normalized spacial score (nSPS) is 25.3. The summed E-state index contributed by atoms with van der Waals surface area (Å²) in [5.41, 5.74) is 1.96. The first-order chi connectivity index (χ1) is 23.0. The molecule has 256 valence electrons. The van der Waals surface area contributed by atoms with Crippen LogP contribution >= 0.6 is 0 Å². The highest BCUT2D eigenvalue weighted by molar-refractivity contribution is 6.05. The molecule has 0 saturated carbocycles. The van der Waals surface area contributed by atoms with Crippen molar-refractivity contribution < 1.29 is 33.8 Å². The van der Waals surface area contributed by atoms with E-state index < -0.39 is 53.6 Å². The number of allylic oxidation sites excluding steroid dienone is 1. The number of amides is 3. The molecule has 0 aromatic heterocycles. The van der Waals surface area contributed by atoms with Gasteiger partial charge in [0.15, 0.2) is 0 Å². The molecule has 3 heterocycles. The van der Waals surface area contributed by atoms with E-state index in [1.165, 1.54) is 4.90 Å².